The minimum atomic E-state index is -1.27. The van der Waals surface area contributed by atoms with Gasteiger partial charge in [-0.2, -0.15) is 5.10 Å². The van der Waals surface area contributed by atoms with Gasteiger partial charge in [-0.15, -0.1) is 0 Å². The Bertz CT molecular complexity index is 468. The second kappa shape index (κ2) is 5.80. The van der Waals surface area contributed by atoms with Gasteiger partial charge in [0.15, 0.2) is 0 Å². The van der Waals surface area contributed by atoms with Crippen LogP contribution in [-0.2, 0) is 9.59 Å². The number of hydrogen-bond acceptors (Lipinski definition) is 4. The van der Waals surface area contributed by atoms with Crippen LogP contribution in [0, 0.1) is 6.92 Å². The predicted octanol–water partition coefficient (Wildman–Crippen LogP) is -0.234. The zero-order valence-electron chi connectivity index (χ0n) is 9.64. The van der Waals surface area contributed by atoms with Gasteiger partial charge in [-0.3, -0.25) is 14.7 Å². The number of amides is 1. The lowest BCUT2D eigenvalue weighted by Crippen LogP contribution is -2.41. The summed E-state index contributed by atoms with van der Waals surface area (Å²) in [7, 11) is 0. The van der Waals surface area contributed by atoms with E-state index in [1.807, 2.05) is 0 Å². The summed E-state index contributed by atoms with van der Waals surface area (Å²) in [5.41, 5.74) is 0.742. The van der Waals surface area contributed by atoms with E-state index in [1.54, 1.807) is 6.92 Å². The van der Waals surface area contributed by atoms with E-state index in [2.05, 4.69) is 15.5 Å². The Hall–Kier alpha value is -2.38. The molecule has 1 atom stereocenters. The van der Waals surface area contributed by atoms with Crippen LogP contribution >= 0.6 is 0 Å². The second-order valence-electron chi connectivity index (χ2n) is 3.71. The molecule has 0 aliphatic carbocycles. The summed E-state index contributed by atoms with van der Waals surface area (Å²) in [6, 6.07) is -1.23. The van der Waals surface area contributed by atoms with Gasteiger partial charge < -0.3 is 15.5 Å². The predicted molar refractivity (Wildman–Crippen MR) is 59.1 cm³/mol. The average Bonchev–Trinajstić information content (AvgIpc) is 2.69. The highest BCUT2D eigenvalue weighted by atomic mass is 16.4. The van der Waals surface area contributed by atoms with E-state index in [4.69, 9.17) is 10.2 Å². The second-order valence-corrected chi connectivity index (χ2v) is 3.71. The van der Waals surface area contributed by atoms with E-state index in [0.29, 0.717) is 5.69 Å². The van der Waals surface area contributed by atoms with Gasteiger partial charge in [-0.05, 0) is 13.3 Å². The van der Waals surface area contributed by atoms with Crippen LogP contribution in [0.1, 0.15) is 28.9 Å². The Morgan fingerprint density at radius 2 is 2.11 bits per heavy atom. The molecule has 0 aliphatic heterocycles. The molecule has 1 unspecified atom stereocenters. The molecule has 1 aromatic rings. The fraction of sp³-hybridized carbons (Fsp3) is 0.400. The molecule has 8 heteroatoms. The molecular weight excluding hydrogens is 242 g/mol. The summed E-state index contributed by atoms with van der Waals surface area (Å²) in [6.07, 6.45) is 0.774. The lowest BCUT2D eigenvalue weighted by molar-refractivity contribution is -0.140. The standard InChI is InChI=1S/C10H13N3O5/c1-5-6(4-11-13-5)9(16)12-7(10(17)18)2-3-8(14)15/h4,7H,2-3H2,1H3,(H,11,13)(H,12,16)(H,14,15)(H,17,18). The van der Waals surface area contributed by atoms with Crippen molar-refractivity contribution in [3.63, 3.8) is 0 Å². The van der Waals surface area contributed by atoms with E-state index < -0.39 is 23.9 Å². The van der Waals surface area contributed by atoms with E-state index in [9.17, 15) is 14.4 Å². The highest BCUT2D eigenvalue weighted by Gasteiger charge is 2.22. The number of aromatic nitrogens is 2. The quantitative estimate of drug-likeness (QED) is 0.554. The number of carbonyl (C=O) groups excluding carboxylic acids is 1. The zero-order valence-corrected chi connectivity index (χ0v) is 9.64. The minimum Gasteiger partial charge on any atom is -0.481 e. The topological polar surface area (TPSA) is 132 Å². The number of carbonyl (C=O) groups is 3. The van der Waals surface area contributed by atoms with Crippen LogP contribution in [0.25, 0.3) is 0 Å². The Morgan fingerprint density at radius 1 is 1.44 bits per heavy atom. The largest absolute Gasteiger partial charge is 0.481 e. The molecule has 0 aromatic carbocycles. The maximum atomic E-state index is 11.7. The third-order valence-electron chi connectivity index (χ3n) is 2.32. The number of carboxylic acid groups (broad SMARTS) is 2. The first-order valence-electron chi connectivity index (χ1n) is 5.17. The van der Waals surface area contributed by atoms with Crippen LogP contribution in [0.4, 0.5) is 0 Å². The molecule has 0 saturated heterocycles. The molecule has 0 saturated carbocycles. The number of aryl methyl sites for hydroxylation is 1. The summed E-state index contributed by atoms with van der Waals surface area (Å²) >= 11 is 0. The van der Waals surface area contributed by atoms with Gasteiger partial charge in [-0.1, -0.05) is 0 Å². The van der Waals surface area contributed by atoms with Crippen molar-refractivity contribution in [1.82, 2.24) is 15.5 Å². The first-order chi connectivity index (χ1) is 8.41. The van der Waals surface area contributed by atoms with E-state index in [-0.39, 0.29) is 18.4 Å². The molecule has 0 radical (unpaired) electrons. The Kier molecular flexibility index (Phi) is 4.41. The van der Waals surface area contributed by atoms with Crippen molar-refractivity contribution in [2.75, 3.05) is 0 Å². The van der Waals surface area contributed by atoms with Gasteiger partial charge in [0.05, 0.1) is 11.8 Å². The zero-order chi connectivity index (χ0) is 13.7. The van der Waals surface area contributed by atoms with Gasteiger partial charge in [0.1, 0.15) is 6.04 Å². The van der Waals surface area contributed by atoms with E-state index in [1.165, 1.54) is 6.20 Å². The van der Waals surface area contributed by atoms with Crippen LogP contribution in [0.15, 0.2) is 6.20 Å². The molecule has 18 heavy (non-hydrogen) atoms. The average molecular weight is 255 g/mol. The highest BCUT2D eigenvalue weighted by Crippen LogP contribution is 2.05. The molecule has 98 valence electrons. The van der Waals surface area contributed by atoms with Crippen LogP contribution in [0.2, 0.25) is 0 Å². The van der Waals surface area contributed by atoms with Gasteiger partial charge in [-0.25, -0.2) is 4.79 Å². The van der Waals surface area contributed by atoms with E-state index in [0.717, 1.165) is 0 Å². The number of aromatic amines is 1. The molecule has 0 bridgehead atoms. The Morgan fingerprint density at radius 3 is 2.56 bits per heavy atom. The van der Waals surface area contributed by atoms with Gasteiger partial charge in [0.2, 0.25) is 0 Å². The smallest absolute Gasteiger partial charge is 0.326 e. The van der Waals surface area contributed by atoms with Gasteiger partial charge in [0, 0.05) is 12.1 Å². The monoisotopic (exact) mass is 255 g/mol. The fourth-order valence-corrected chi connectivity index (χ4v) is 1.34. The number of nitrogens with one attached hydrogen (secondary N) is 2. The molecule has 8 nitrogen and oxygen atoms in total. The summed E-state index contributed by atoms with van der Waals surface area (Å²) < 4.78 is 0. The fourth-order valence-electron chi connectivity index (χ4n) is 1.34. The number of nitrogens with zero attached hydrogens (tertiary/aromatic N) is 1. The lowest BCUT2D eigenvalue weighted by atomic mass is 10.1. The maximum Gasteiger partial charge on any atom is 0.326 e. The van der Waals surface area contributed by atoms with Crippen molar-refractivity contribution in [3.8, 4) is 0 Å². The molecule has 1 aromatic heterocycles. The first-order valence-corrected chi connectivity index (χ1v) is 5.17. The molecule has 0 aliphatic rings. The Labute approximate surface area is 102 Å². The molecule has 0 fully saturated rings. The molecule has 1 rings (SSSR count). The molecule has 1 heterocycles. The first kappa shape index (κ1) is 13.7. The van der Waals surface area contributed by atoms with Crippen LogP contribution in [0.5, 0.6) is 0 Å². The number of rotatable bonds is 6. The number of aliphatic carboxylic acids is 2. The molecular formula is C10H13N3O5. The van der Waals surface area contributed by atoms with Crippen LogP contribution in [0.3, 0.4) is 0 Å². The normalized spacial score (nSPS) is 11.8. The van der Waals surface area contributed by atoms with Crippen molar-refractivity contribution >= 4 is 17.8 Å². The summed E-state index contributed by atoms with van der Waals surface area (Å²) in [5, 5.41) is 25.8. The van der Waals surface area contributed by atoms with Gasteiger partial charge in [0.25, 0.3) is 5.91 Å². The summed E-state index contributed by atoms with van der Waals surface area (Å²) in [5.74, 6) is -2.99. The number of H-pyrrole nitrogens is 1. The SMILES string of the molecule is Cc1[nH]ncc1C(=O)NC(CCC(=O)O)C(=O)O. The molecule has 4 N–H and O–H groups in total. The highest BCUT2D eigenvalue weighted by molar-refractivity contribution is 5.97. The number of hydrogen-bond donors (Lipinski definition) is 4. The van der Waals surface area contributed by atoms with Crippen LogP contribution in [-0.4, -0.2) is 44.3 Å². The van der Waals surface area contributed by atoms with Gasteiger partial charge >= 0.3 is 11.9 Å². The third-order valence-corrected chi connectivity index (χ3v) is 2.32. The minimum absolute atomic E-state index is 0.173. The molecule has 0 spiro atoms. The molecule has 1 amide bonds. The maximum absolute atomic E-state index is 11.7. The lowest BCUT2D eigenvalue weighted by Gasteiger charge is -2.12. The summed E-state index contributed by atoms with van der Waals surface area (Å²) in [4.78, 5) is 32.9. The third kappa shape index (κ3) is 3.58. The van der Waals surface area contributed by atoms with Crippen molar-refractivity contribution in [1.29, 1.82) is 0 Å². The van der Waals surface area contributed by atoms with Crippen molar-refractivity contribution in [2.45, 2.75) is 25.8 Å². The van der Waals surface area contributed by atoms with E-state index >= 15 is 0 Å². The van der Waals surface area contributed by atoms with Crippen molar-refractivity contribution in [2.24, 2.45) is 0 Å². The van der Waals surface area contributed by atoms with Crippen LogP contribution < -0.4 is 5.32 Å². The van der Waals surface area contributed by atoms with Crippen molar-refractivity contribution in [3.05, 3.63) is 17.5 Å². The van der Waals surface area contributed by atoms with Crippen molar-refractivity contribution < 1.29 is 24.6 Å². The Balaban J connectivity index is 2.67. The number of carboxylic acids is 2. The summed E-state index contributed by atoms with van der Waals surface area (Å²) in [6.45, 7) is 1.62.